The fourth-order valence-electron chi connectivity index (χ4n) is 3.71. The number of nitrogens with zero attached hydrogens (tertiary/aromatic N) is 1. The molecule has 1 atom stereocenters. The molecule has 1 aliphatic heterocycles. The maximum absolute atomic E-state index is 12.4. The van der Waals surface area contributed by atoms with Crippen LogP contribution in [0.2, 0.25) is 0 Å². The Balaban J connectivity index is 1.58. The summed E-state index contributed by atoms with van der Waals surface area (Å²) < 4.78 is 0. The Hall–Kier alpha value is -1.06. The van der Waals surface area contributed by atoms with Gasteiger partial charge in [-0.15, -0.1) is 0 Å². The van der Waals surface area contributed by atoms with E-state index in [-0.39, 0.29) is 16.7 Å². The Morgan fingerprint density at radius 1 is 1.17 bits per heavy atom. The van der Waals surface area contributed by atoms with Gasteiger partial charge in [-0.25, -0.2) is 0 Å². The molecule has 0 aromatic carbocycles. The fraction of sp³-hybridized carbons (Fsp3) is 0.857. The van der Waals surface area contributed by atoms with E-state index in [0.717, 1.165) is 45.2 Å². The van der Waals surface area contributed by atoms with Crippen LogP contribution in [0, 0.1) is 16.7 Å². The van der Waals surface area contributed by atoms with Gasteiger partial charge in [0.05, 0.1) is 5.92 Å². The number of piperidine rings is 1. The van der Waals surface area contributed by atoms with E-state index in [0.29, 0.717) is 5.91 Å². The number of carboxylic acids is 1. The van der Waals surface area contributed by atoms with Crippen LogP contribution >= 0.6 is 0 Å². The van der Waals surface area contributed by atoms with Crippen molar-refractivity contribution in [1.82, 2.24) is 4.90 Å². The summed E-state index contributed by atoms with van der Waals surface area (Å²) in [6.07, 6.45) is 5.79. The highest BCUT2D eigenvalue weighted by atomic mass is 16.4. The van der Waals surface area contributed by atoms with Crippen LogP contribution in [0.15, 0.2) is 0 Å². The third kappa shape index (κ3) is 1.65. The summed E-state index contributed by atoms with van der Waals surface area (Å²) in [4.78, 5) is 25.3. The van der Waals surface area contributed by atoms with Gasteiger partial charge in [0.15, 0.2) is 0 Å². The average molecular weight is 251 g/mol. The van der Waals surface area contributed by atoms with Gasteiger partial charge in [0.2, 0.25) is 5.91 Å². The topological polar surface area (TPSA) is 57.6 Å². The molecule has 4 nitrogen and oxygen atoms in total. The number of carbonyl (C=O) groups is 2. The smallest absolute Gasteiger partial charge is 0.307 e. The molecule has 1 heterocycles. The van der Waals surface area contributed by atoms with Crippen LogP contribution in [0.4, 0.5) is 0 Å². The van der Waals surface area contributed by atoms with Crippen LogP contribution in [-0.2, 0) is 9.59 Å². The molecule has 1 saturated heterocycles. The molecule has 3 aliphatic rings. The first-order valence-corrected chi connectivity index (χ1v) is 6.99. The summed E-state index contributed by atoms with van der Waals surface area (Å²) in [5.74, 6) is -0.495. The second-order valence-corrected chi connectivity index (χ2v) is 6.66. The maximum atomic E-state index is 12.4. The third-order valence-corrected chi connectivity index (χ3v) is 5.51. The Bertz CT molecular complexity index is 392. The fourth-order valence-corrected chi connectivity index (χ4v) is 3.71. The minimum Gasteiger partial charge on any atom is -0.481 e. The van der Waals surface area contributed by atoms with Crippen molar-refractivity contribution < 1.29 is 14.7 Å². The molecular weight excluding hydrogens is 230 g/mol. The molecule has 0 radical (unpaired) electrons. The lowest BCUT2D eigenvalue weighted by atomic mass is 9.69. The Morgan fingerprint density at radius 3 is 2.17 bits per heavy atom. The van der Waals surface area contributed by atoms with E-state index in [1.54, 1.807) is 0 Å². The van der Waals surface area contributed by atoms with Gasteiger partial charge in [-0.2, -0.15) is 0 Å². The Labute approximate surface area is 107 Å². The molecule has 18 heavy (non-hydrogen) atoms. The quantitative estimate of drug-likeness (QED) is 0.815. The van der Waals surface area contributed by atoms with Crippen LogP contribution in [0.5, 0.6) is 0 Å². The lowest BCUT2D eigenvalue weighted by Crippen LogP contribution is -2.49. The van der Waals surface area contributed by atoms with E-state index in [1.807, 2.05) is 4.90 Å². The van der Waals surface area contributed by atoms with Crippen LogP contribution < -0.4 is 0 Å². The first-order chi connectivity index (χ1) is 8.47. The minimum atomic E-state index is -0.652. The van der Waals surface area contributed by atoms with Crippen molar-refractivity contribution >= 4 is 11.9 Å². The number of hydrogen-bond donors (Lipinski definition) is 1. The molecule has 100 valence electrons. The van der Waals surface area contributed by atoms with Crippen molar-refractivity contribution in [1.29, 1.82) is 0 Å². The minimum absolute atomic E-state index is 0.0309. The summed E-state index contributed by atoms with van der Waals surface area (Å²) in [5.41, 5.74) is -0.0800. The van der Waals surface area contributed by atoms with Crippen molar-refractivity contribution in [3.05, 3.63) is 0 Å². The van der Waals surface area contributed by atoms with Crippen molar-refractivity contribution in [2.75, 3.05) is 13.1 Å². The van der Waals surface area contributed by atoms with E-state index in [1.165, 1.54) is 6.42 Å². The first-order valence-electron chi connectivity index (χ1n) is 6.99. The molecule has 3 rings (SSSR count). The third-order valence-electron chi connectivity index (χ3n) is 5.51. The van der Waals surface area contributed by atoms with E-state index in [9.17, 15) is 9.59 Å². The Kier molecular flexibility index (Phi) is 2.48. The largest absolute Gasteiger partial charge is 0.481 e. The molecule has 2 aliphatic carbocycles. The van der Waals surface area contributed by atoms with Crippen LogP contribution in [-0.4, -0.2) is 35.0 Å². The summed E-state index contributed by atoms with van der Waals surface area (Å²) in [7, 11) is 0. The van der Waals surface area contributed by atoms with Gasteiger partial charge in [0, 0.05) is 18.5 Å². The molecule has 2 saturated carbocycles. The first kappa shape index (κ1) is 12.0. The van der Waals surface area contributed by atoms with Gasteiger partial charge in [0.25, 0.3) is 0 Å². The molecule has 1 unspecified atom stereocenters. The summed E-state index contributed by atoms with van der Waals surface area (Å²) in [6.45, 7) is 3.59. The number of aliphatic carboxylic acids is 1. The second-order valence-electron chi connectivity index (χ2n) is 6.66. The summed E-state index contributed by atoms with van der Waals surface area (Å²) >= 11 is 0. The standard InChI is InChI=1S/C14H21NO3/c1-13(3-2-4-13)12(18)15-7-5-14(6-8-15)9-10(14)11(16)17/h10H,2-9H2,1H3,(H,16,17). The van der Waals surface area contributed by atoms with Crippen molar-refractivity contribution in [2.24, 2.45) is 16.7 Å². The lowest BCUT2D eigenvalue weighted by Gasteiger charge is -2.43. The summed E-state index contributed by atoms with van der Waals surface area (Å²) in [6, 6.07) is 0. The summed E-state index contributed by atoms with van der Waals surface area (Å²) in [5, 5.41) is 9.04. The van der Waals surface area contributed by atoms with Crippen LogP contribution in [0.1, 0.15) is 45.4 Å². The highest BCUT2D eigenvalue weighted by Crippen LogP contribution is 2.59. The average Bonchev–Trinajstić information content (AvgIpc) is 3.01. The van der Waals surface area contributed by atoms with E-state index in [2.05, 4.69) is 6.92 Å². The second kappa shape index (κ2) is 3.72. The molecule has 0 aromatic heterocycles. The number of carboxylic acid groups (broad SMARTS) is 1. The van der Waals surface area contributed by atoms with Crippen molar-refractivity contribution in [3.8, 4) is 0 Å². The number of amides is 1. The molecule has 0 bridgehead atoms. The van der Waals surface area contributed by atoms with Gasteiger partial charge < -0.3 is 10.0 Å². The monoisotopic (exact) mass is 251 g/mol. The molecule has 1 spiro atoms. The molecule has 1 amide bonds. The lowest BCUT2D eigenvalue weighted by molar-refractivity contribution is -0.148. The molecule has 3 fully saturated rings. The zero-order valence-corrected chi connectivity index (χ0v) is 10.9. The maximum Gasteiger partial charge on any atom is 0.307 e. The van der Waals surface area contributed by atoms with E-state index in [4.69, 9.17) is 5.11 Å². The van der Waals surface area contributed by atoms with Crippen LogP contribution in [0.3, 0.4) is 0 Å². The van der Waals surface area contributed by atoms with Gasteiger partial charge in [-0.3, -0.25) is 9.59 Å². The predicted octanol–water partition coefficient (Wildman–Crippen LogP) is 1.89. The number of carbonyl (C=O) groups excluding carboxylic acids is 1. The zero-order valence-electron chi connectivity index (χ0n) is 10.9. The number of hydrogen-bond acceptors (Lipinski definition) is 2. The van der Waals surface area contributed by atoms with Crippen molar-refractivity contribution in [3.63, 3.8) is 0 Å². The normalized spacial score (nSPS) is 31.8. The van der Waals surface area contributed by atoms with Gasteiger partial charge in [0.1, 0.15) is 0 Å². The highest BCUT2D eigenvalue weighted by Gasteiger charge is 2.59. The molecule has 4 heteroatoms. The van der Waals surface area contributed by atoms with Crippen LogP contribution in [0.25, 0.3) is 0 Å². The predicted molar refractivity (Wildman–Crippen MR) is 65.9 cm³/mol. The SMILES string of the molecule is CC1(C(=O)N2CCC3(CC2)CC3C(=O)O)CCC1. The Morgan fingerprint density at radius 2 is 1.78 bits per heavy atom. The van der Waals surface area contributed by atoms with Gasteiger partial charge >= 0.3 is 5.97 Å². The number of likely N-dealkylation sites (tertiary alicyclic amines) is 1. The number of rotatable bonds is 2. The van der Waals surface area contributed by atoms with Gasteiger partial charge in [-0.05, 0) is 37.5 Å². The van der Waals surface area contributed by atoms with Crippen molar-refractivity contribution in [2.45, 2.75) is 45.4 Å². The highest BCUT2D eigenvalue weighted by molar-refractivity contribution is 5.83. The van der Waals surface area contributed by atoms with E-state index < -0.39 is 5.97 Å². The van der Waals surface area contributed by atoms with Gasteiger partial charge in [-0.1, -0.05) is 13.3 Å². The molecule has 1 N–H and O–H groups in total. The molecular formula is C14H21NO3. The molecule has 0 aromatic rings. The zero-order chi connectivity index (χ0) is 13.0. The van der Waals surface area contributed by atoms with E-state index >= 15 is 0 Å².